The molecule has 1 atom stereocenters. The van der Waals surface area contributed by atoms with Crippen molar-refractivity contribution in [1.29, 1.82) is 0 Å². The first kappa shape index (κ1) is 22.6. The standard InChI is InChI=1S/C23H28FN7O2/c1-14-7-8-16-12-17(24)9-10-18(16)31(14)19(33)6-4-3-5-11-25-21-20-22(27-13-26-20)30-23(29-21)28-15(2)32/h9-10,12-14H,3-8,11H2,1-2H3,(H3,25,26,27,28,29,30,32)/t14-/m0/s1. The molecular formula is C23H28FN7O2. The normalized spacial score (nSPS) is 15.4. The summed E-state index contributed by atoms with van der Waals surface area (Å²) in [5.74, 6) is 0.340. The molecule has 3 heterocycles. The first-order valence-corrected chi connectivity index (χ1v) is 11.3. The van der Waals surface area contributed by atoms with Crippen molar-refractivity contribution in [3.8, 4) is 0 Å². The zero-order chi connectivity index (χ0) is 23.4. The number of aromatic nitrogens is 4. The summed E-state index contributed by atoms with van der Waals surface area (Å²) in [5.41, 5.74) is 2.88. The zero-order valence-corrected chi connectivity index (χ0v) is 18.8. The van der Waals surface area contributed by atoms with Crippen LogP contribution in [0.4, 0.5) is 21.8 Å². The van der Waals surface area contributed by atoms with Crippen LogP contribution in [0.15, 0.2) is 24.5 Å². The molecule has 0 radical (unpaired) electrons. The highest BCUT2D eigenvalue weighted by Gasteiger charge is 2.27. The highest BCUT2D eigenvalue weighted by atomic mass is 19.1. The highest BCUT2D eigenvalue weighted by molar-refractivity contribution is 5.95. The number of nitrogens with zero attached hydrogens (tertiary/aromatic N) is 4. The Bertz CT molecular complexity index is 1160. The SMILES string of the molecule is CC(=O)Nc1nc(NCCCCCC(=O)N2c3ccc(F)cc3CC[C@@H]2C)c2[nH]cnc2n1. The number of halogens is 1. The Balaban J connectivity index is 1.27. The van der Waals surface area contributed by atoms with Crippen molar-refractivity contribution < 1.29 is 14.0 Å². The number of rotatable bonds is 8. The maximum Gasteiger partial charge on any atom is 0.233 e. The van der Waals surface area contributed by atoms with Crippen molar-refractivity contribution in [2.75, 3.05) is 22.1 Å². The summed E-state index contributed by atoms with van der Waals surface area (Å²) < 4.78 is 13.6. The monoisotopic (exact) mass is 453 g/mol. The third-order valence-electron chi connectivity index (χ3n) is 5.78. The molecule has 0 fully saturated rings. The molecule has 1 aliphatic rings. The first-order valence-electron chi connectivity index (χ1n) is 11.3. The van der Waals surface area contributed by atoms with Crippen LogP contribution in [-0.4, -0.2) is 44.3 Å². The molecule has 174 valence electrons. The smallest absolute Gasteiger partial charge is 0.233 e. The lowest BCUT2D eigenvalue weighted by Crippen LogP contribution is -2.42. The molecule has 0 bridgehead atoms. The molecular weight excluding hydrogens is 425 g/mol. The van der Waals surface area contributed by atoms with Gasteiger partial charge in [0.25, 0.3) is 0 Å². The van der Waals surface area contributed by atoms with Gasteiger partial charge in [-0.3, -0.25) is 14.9 Å². The molecule has 9 nitrogen and oxygen atoms in total. The minimum Gasteiger partial charge on any atom is -0.368 e. The molecule has 2 aromatic heterocycles. The summed E-state index contributed by atoms with van der Waals surface area (Å²) in [6.45, 7) is 4.09. The number of hydrogen-bond acceptors (Lipinski definition) is 6. The fourth-order valence-corrected chi connectivity index (χ4v) is 4.18. The number of benzene rings is 1. The molecule has 0 saturated heterocycles. The van der Waals surface area contributed by atoms with Gasteiger partial charge in [0.2, 0.25) is 17.8 Å². The molecule has 0 aliphatic carbocycles. The van der Waals surface area contributed by atoms with Gasteiger partial charge in [0.1, 0.15) is 11.3 Å². The molecule has 0 saturated carbocycles. The van der Waals surface area contributed by atoms with Gasteiger partial charge in [-0.2, -0.15) is 9.97 Å². The number of fused-ring (bicyclic) bond motifs is 2. The summed E-state index contributed by atoms with van der Waals surface area (Å²) in [7, 11) is 0. The van der Waals surface area contributed by atoms with Crippen molar-refractivity contribution >= 4 is 40.4 Å². The second-order valence-corrected chi connectivity index (χ2v) is 8.34. The molecule has 0 spiro atoms. The molecule has 1 aliphatic heterocycles. The minimum atomic E-state index is -0.261. The van der Waals surface area contributed by atoms with Crippen LogP contribution in [0.1, 0.15) is 51.5 Å². The molecule has 2 amide bonds. The van der Waals surface area contributed by atoms with Crippen molar-refractivity contribution in [2.24, 2.45) is 0 Å². The van der Waals surface area contributed by atoms with E-state index in [9.17, 15) is 14.0 Å². The Morgan fingerprint density at radius 3 is 2.91 bits per heavy atom. The van der Waals surface area contributed by atoms with Crippen LogP contribution in [-0.2, 0) is 16.0 Å². The van der Waals surface area contributed by atoms with E-state index in [1.165, 1.54) is 25.4 Å². The lowest BCUT2D eigenvalue weighted by atomic mass is 9.96. The van der Waals surface area contributed by atoms with E-state index < -0.39 is 0 Å². The Labute approximate surface area is 191 Å². The number of carbonyl (C=O) groups excluding carboxylic acids is 2. The van der Waals surface area contributed by atoms with Gasteiger partial charge in [-0.15, -0.1) is 0 Å². The Kier molecular flexibility index (Phi) is 6.81. The maximum atomic E-state index is 13.6. The lowest BCUT2D eigenvalue weighted by molar-refractivity contribution is -0.119. The van der Waals surface area contributed by atoms with Crippen molar-refractivity contribution in [3.05, 3.63) is 35.9 Å². The van der Waals surface area contributed by atoms with Crippen LogP contribution in [0.2, 0.25) is 0 Å². The number of hydrogen-bond donors (Lipinski definition) is 3. The van der Waals surface area contributed by atoms with Gasteiger partial charge in [-0.05, 0) is 56.4 Å². The van der Waals surface area contributed by atoms with E-state index in [1.54, 1.807) is 6.07 Å². The Hall–Kier alpha value is -3.56. The molecule has 3 N–H and O–H groups in total. The molecule has 4 rings (SSSR count). The summed E-state index contributed by atoms with van der Waals surface area (Å²) in [6, 6.07) is 4.79. The number of anilines is 3. The van der Waals surface area contributed by atoms with E-state index in [0.29, 0.717) is 29.9 Å². The third kappa shape index (κ3) is 5.27. The summed E-state index contributed by atoms with van der Waals surface area (Å²) >= 11 is 0. The van der Waals surface area contributed by atoms with E-state index in [-0.39, 0.29) is 29.6 Å². The lowest BCUT2D eigenvalue weighted by Gasteiger charge is -2.35. The number of nitrogens with one attached hydrogen (secondary N) is 3. The number of amides is 2. The third-order valence-corrected chi connectivity index (χ3v) is 5.78. The maximum absolute atomic E-state index is 13.6. The second-order valence-electron chi connectivity index (χ2n) is 8.34. The average molecular weight is 454 g/mol. The number of H-pyrrole nitrogens is 1. The van der Waals surface area contributed by atoms with Gasteiger partial charge >= 0.3 is 0 Å². The fraction of sp³-hybridized carbons (Fsp3) is 0.435. The number of aryl methyl sites for hydroxylation is 1. The second kappa shape index (κ2) is 9.93. The molecule has 0 unspecified atom stereocenters. The van der Waals surface area contributed by atoms with Gasteiger partial charge < -0.3 is 15.2 Å². The minimum absolute atomic E-state index is 0.0814. The predicted molar refractivity (Wildman–Crippen MR) is 125 cm³/mol. The quantitative estimate of drug-likeness (QED) is 0.447. The Morgan fingerprint density at radius 1 is 1.24 bits per heavy atom. The average Bonchev–Trinajstić information content (AvgIpc) is 3.24. The fourth-order valence-electron chi connectivity index (χ4n) is 4.18. The van der Waals surface area contributed by atoms with E-state index in [0.717, 1.165) is 43.4 Å². The van der Waals surface area contributed by atoms with E-state index >= 15 is 0 Å². The number of imidazole rings is 1. The van der Waals surface area contributed by atoms with Crippen LogP contribution in [0.3, 0.4) is 0 Å². The van der Waals surface area contributed by atoms with E-state index in [1.807, 2.05) is 11.8 Å². The van der Waals surface area contributed by atoms with Gasteiger partial charge in [0.05, 0.1) is 6.33 Å². The number of carbonyl (C=O) groups is 2. The Morgan fingerprint density at radius 2 is 2.09 bits per heavy atom. The molecule has 33 heavy (non-hydrogen) atoms. The topological polar surface area (TPSA) is 116 Å². The summed E-state index contributed by atoms with van der Waals surface area (Å²) in [6.07, 6.45) is 6.09. The highest BCUT2D eigenvalue weighted by Crippen LogP contribution is 2.32. The van der Waals surface area contributed by atoms with Crippen LogP contribution in [0.5, 0.6) is 0 Å². The summed E-state index contributed by atoms with van der Waals surface area (Å²) in [4.78, 5) is 41.7. The zero-order valence-electron chi connectivity index (χ0n) is 18.8. The van der Waals surface area contributed by atoms with Crippen LogP contribution < -0.4 is 15.5 Å². The van der Waals surface area contributed by atoms with Gasteiger partial charge in [0, 0.05) is 31.6 Å². The molecule has 3 aromatic rings. The first-order chi connectivity index (χ1) is 15.9. The molecule has 10 heteroatoms. The van der Waals surface area contributed by atoms with Crippen molar-refractivity contribution in [1.82, 2.24) is 19.9 Å². The van der Waals surface area contributed by atoms with Crippen LogP contribution in [0, 0.1) is 5.82 Å². The van der Waals surface area contributed by atoms with Crippen LogP contribution >= 0.6 is 0 Å². The van der Waals surface area contributed by atoms with Crippen molar-refractivity contribution in [2.45, 2.75) is 58.4 Å². The number of unbranched alkanes of at least 4 members (excludes halogenated alkanes) is 2. The largest absolute Gasteiger partial charge is 0.368 e. The van der Waals surface area contributed by atoms with Crippen LogP contribution in [0.25, 0.3) is 11.2 Å². The molecule has 1 aromatic carbocycles. The number of aromatic amines is 1. The van der Waals surface area contributed by atoms with E-state index in [4.69, 9.17) is 0 Å². The van der Waals surface area contributed by atoms with E-state index in [2.05, 4.69) is 30.6 Å². The van der Waals surface area contributed by atoms with Gasteiger partial charge in [-0.25, -0.2) is 9.37 Å². The van der Waals surface area contributed by atoms with Gasteiger partial charge in [0.15, 0.2) is 11.5 Å². The predicted octanol–water partition coefficient (Wildman–Crippen LogP) is 3.79. The van der Waals surface area contributed by atoms with Gasteiger partial charge in [-0.1, -0.05) is 6.42 Å². The van der Waals surface area contributed by atoms with Crippen molar-refractivity contribution in [3.63, 3.8) is 0 Å². The summed E-state index contributed by atoms with van der Waals surface area (Å²) in [5, 5.41) is 5.84.